The van der Waals surface area contributed by atoms with Gasteiger partial charge in [-0.25, -0.2) is 4.79 Å². The summed E-state index contributed by atoms with van der Waals surface area (Å²) in [6.45, 7) is 8.35. The molecule has 1 heterocycles. The lowest BCUT2D eigenvalue weighted by molar-refractivity contribution is 0.0517. The largest absolute Gasteiger partial charge is 0.461 e. The number of nitrogens with one attached hydrogen (secondary N) is 1. The molecule has 1 aromatic heterocycles. The maximum absolute atomic E-state index is 11.5. The molecule has 1 aromatic rings. The molecule has 0 aliphatic heterocycles. The molecule has 0 atom stereocenters. The topological polar surface area (TPSA) is 67.9 Å². The van der Waals surface area contributed by atoms with Gasteiger partial charge in [0.05, 0.1) is 12.3 Å². The quantitative estimate of drug-likeness (QED) is 0.770. The van der Waals surface area contributed by atoms with Crippen LogP contribution in [0.1, 0.15) is 43.9 Å². The van der Waals surface area contributed by atoms with Crippen LogP contribution in [0.15, 0.2) is 0 Å². The Hall–Kier alpha value is -1.39. The standard InChI is InChI=1S/C10H17N3O2/c1-5-15-9(14)8-7(11-13-12-8)6-10(2,3)4/h5-6H2,1-4H3,(H,11,12,13). The summed E-state index contributed by atoms with van der Waals surface area (Å²) in [4.78, 5) is 11.5. The number of carbonyl (C=O) groups excluding carboxylic acids is 1. The molecule has 15 heavy (non-hydrogen) atoms. The molecular weight excluding hydrogens is 194 g/mol. The van der Waals surface area contributed by atoms with Crippen LogP contribution in [-0.2, 0) is 11.2 Å². The van der Waals surface area contributed by atoms with Crippen molar-refractivity contribution < 1.29 is 9.53 Å². The van der Waals surface area contributed by atoms with Crippen molar-refractivity contribution in [2.45, 2.75) is 34.1 Å². The molecule has 5 nitrogen and oxygen atoms in total. The fourth-order valence-electron chi connectivity index (χ4n) is 1.24. The second-order valence-corrected chi connectivity index (χ2v) is 4.58. The zero-order valence-corrected chi connectivity index (χ0v) is 9.63. The van der Waals surface area contributed by atoms with Gasteiger partial charge >= 0.3 is 5.97 Å². The summed E-state index contributed by atoms with van der Waals surface area (Å²) in [5, 5.41) is 10.2. The highest BCUT2D eigenvalue weighted by molar-refractivity contribution is 5.88. The van der Waals surface area contributed by atoms with Crippen LogP contribution >= 0.6 is 0 Å². The van der Waals surface area contributed by atoms with Crippen molar-refractivity contribution in [3.05, 3.63) is 11.4 Å². The minimum Gasteiger partial charge on any atom is -0.461 e. The average Bonchev–Trinajstić information content (AvgIpc) is 2.49. The highest BCUT2D eigenvalue weighted by Gasteiger charge is 2.22. The van der Waals surface area contributed by atoms with Crippen molar-refractivity contribution in [1.29, 1.82) is 0 Å². The molecule has 1 rings (SSSR count). The number of hydrogen-bond donors (Lipinski definition) is 1. The molecule has 0 unspecified atom stereocenters. The average molecular weight is 211 g/mol. The SMILES string of the molecule is CCOC(=O)c1n[nH]nc1CC(C)(C)C. The van der Waals surface area contributed by atoms with Gasteiger partial charge in [-0.1, -0.05) is 20.8 Å². The van der Waals surface area contributed by atoms with Crippen LogP contribution in [0, 0.1) is 5.41 Å². The molecular formula is C10H17N3O2. The maximum Gasteiger partial charge on any atom is 0.360 e. The van der Waals surface area contributed by atoms with E-state index in [1.165, 1.54) is 0 Å². The smallest absolute Gasteiger partial charge is 0.360 e. The van der Waals surface area contributed by atoms with E-state index >= 15 is 0 Å². The summed E-state index contributed by atoms with van der Waals surface area (Å²) < 4.78 is 4.88. The number of hydrogen-bond acceptors (Lipinski definition) is 4. The molecule has 0 amide bonds. The van der Waals surface area contributed by atoms with E-state index in [4.69, 9.17) is 4.74 Å². The van der Waals surface area contributed by atoms with Gasteiger partial charge in [0.1, 0.15) is 0 Å². The van der Waals surface area contributed by atoms with Gasteiger partial charge in [0, 0.05) is 0 Å². The van der Waals surface area contributed by atoms with E-state index in [-0.39, 0.29) is 5.41 Å². The first-order chi connectivity index (χ1) is 6.94. The third-order valence-corrected chi connectivity index (χ3v) is 1.79. The third-order valence-electron chi connectivity index (χ3n) is 1.79. The number of H-pyrrole nitrogens is 1. The van der Waals surface area contributed by atoms with Crippen LogP contribution in [0.3, 0.4) is 0 Å². The second-order valence-electron chi connectivity index (χ2n) is 4.58. The van der Waals surface area contributed by atoms with Crippen molar-refractivity contribution in [2.24, 2.45) is 5.41 Å². The Bertz CT molecular complexity index is 339. The number of nitrogens with zero attached hydrogens (tertiary/aromatic N) is 2. The van der Waals surface area contributed by atoms with Gasteiger partial charge in [0.2, 0.25) is 0 Å². The van der Waals surface area contributed by atoms with Gasteiger partial charge in [-0.3, -0.25) is 0 Å². The Morgan fingerprint density at radius 1 is 1.40 bits per heavy atom. The highest BCUT2D eigenvalue weighted by atomic mass is 16.5. The molecule has 0 fully saturated rings. The molecule has 0 saturated carbocycles. The number of ether oxygens (including phenoxy) is 1. The number of aromatic amines is 1. The summed E-state index contributed by atoms with van der Waals surface area (Å²) >= 11 is 0. The fraction of sp³-hybridized carbons (Fsp3) is 0.700. The zero-order valence-electron chi connectivity index (χ0n) is 9.63. The molecule has 0 saturated heterocycles. The first kappa shape index (κ1) is 11.7. The normalized spacial score (nSPS) is 11.5. The van der Waals surface area contributed by atoms with Crippen molar-refractivity contribution in [3.63, 3.8) is 0 Å². The third kappa shape index (κ3) is 3.34. The molecule has 0 aliphatic rings. The van der Waals surface area contributed by atoms with Gasteiger partial charge in [0.15, 0.2) is 5.69 Å². The summed E-state index contributed by atoms with van der Waals surface area (Å²) in [6.07, 6.45) is 0.692. The van der Waals surface area contributed by atoms with E-state index in [0.717, 1.165) is 0 Å². The number of carbonyl (C=O) groups is 1. The van der Waals surface area contributed by atoms with Gasteiger partial charge in [-0.15, -0.1) is 5.10 Å². The summed E-state index contributed by atoms with van der Waals surface area (Å²) in [6, 6.07) is 0. The molecule has 0 aliphatic carbocycles. The maximum atomic E-state index is 11.5. The van der Waals surface area contributed by atoms with E-state index < -0.39 is 5.97 Å². The Balaban J connectivity index is 2.82. The lowest BCUT2D eigenvalue weighted by Gasteiger charge is -2.16. The lowest BCUT2D eigenvalue weighted by atomic mass is 9.90. The number of aromatic nitrogens is 3. The molecule has 84 valence electrons. The van der Waals surface area contributed by atoms with Gasteiger partial charge in [0.25, 0.3) is 0 Å². The molecule has 5 heteroatoms. The Labute approximate surface area is 89.2 Å². The van der Waals surface area contributed by atoms with Gasteiger partial charge < -0.3 is 4.74 Å². The van der Waals surface area contributed by atoms with Crippen molar-refractivity contribution in [1.82, 2.24) is 15.4 Å². The fourth-order valence-corrected chi connectivity index (χ4v) is 1.24. The number of esters is 1. The van der Waals surface area contributed by atoms with Crippen LogP contribution in [-0.4, -0.2) is 28.0 Å². The first-order valence-corrected chi connectivity index (χ1v) is 5.01. The summed E-state index contributed by atoms with van der Waals surface area (Å²) in [7, 11) is 0. The molecule has 1 N–H and O–H groups in total. The van der Waals surface area contributed by atoms with E-state index in [9.17, 15) is 4.79 Å². The van der Waals surface area contributed by atoms with Crippen LogP contribution < -0.4 is 0 Å². The molecule has 0 aromatic carbocycles. The van der Waals surface area contributed by atoms with E-state index in [2.05, 4.69) is 36.2 Å². The van der Waals surface area contributed by atoms with Crippen molar-refractivity contribution in [3.8, 4) is 0 Å². The summed E-state index contributed by atoms with van der Waals surface area (Å²) in [5.74, 6) is -0.412. The molecule has 0 bridgehead atoms. The summed E-state index contributed by atoms with van der Waals surface area (Å²) in [5.41, 5.74) is 1.03. The van der Waals surface area contributed by atoms with E-state index in [1.54, 1.807) is 6.92 Å². The number of rotatable bonds is 3. The Kier molecular flexibility index (Phi) is 3.44. The predicted molar refractivity (Wildman–Crippen MR) is 55.5 cm³/mol. The predicted octanol–water partition coefficient (Wildman–Crippen LogP) is 1.57. The second kappa shape index (κ2) is 4.42. The minimum atomic E-state index is -0.412. The molecule has 0 spiro atoms. The van der Waals surface area contributed by atoms with Gasteiger partial charge in [-0.2, -0.15) is 10.3 Å². The minimum absolute atomic E-state index is 0.0676. The van der Waals surface area contributed by atoms with E-state index in [1.807, 2.05) is 0 Å². The first-order valence-electron chi connectivity index (χ1n) is 5.01. The van der Waals surface area contributed by atoms with Crippen LogP contribution in [0.25, 0.3) is 0 Å². The van der Waals surface area contributed by atoms with Crippen LogP contribution in [0.4, 0.5) is 0 Å². The monoisotopic (exact) mass is 211 g/mol. The van der Waals surface area contributed by atoms with E-state index in [0.29, 0.717) is 24.4 Å². The van der Waals surface area contributed by atoms with Crippen molar-refractivity contribution in [2.75, 3.05) is 6.61 Å². The van der Waals surface area contributed by atoms with Crippen LogP contribution in [0.5, 0.6) is 0 Å². The van der Waals surface area contributed by atoms with Crippen LogP contribution in [0.2, 0.25) is 0 Å². The van der Waals surface area contributed by atoms with Crippen molar-refractivity contribution >= 4 is 5.97 Å². The Morgan fingerprint density at radius 3 is 2.60 bits per heavy atom. The highest BCUT2D eigenvalue weighted by Crippen LogP contribution is 2.20. The lowest BCUT2D eigenvalue weighted by Crippen LogP contribution is -2.14. The van der Waals surface area contributed by atoms with Gasteiger partial charge in [-0.05, 0) is 18.8 Å². The Morgan fingerprint density at radius 2 is 2.07 bits per heavy atom. The molecule has 0 radical (unpaired) electrons. The zero-order chi connectivity index (χ0) is 11.5.